The molecule has 150 valence electrons. The Bertz CT molecular complexity index is 1050. The third-order valence-corrected chi connectivity index (χ3v) is 3.66. The van der Waals surface area contributed by atoms with Gasteiger partial charge < -0.3 is 15.2 Å². The van der Waals surface area contributed by atoms with Gasteiger partial charge in [-0.05, 0) is 35.9 Å². The van der Waals surface area contributed by atoms with Crippen molar-refractivity contribution in [3.63, 3.8) is 0 Å². The van der Waals surface area contributed by atoms with Gasteiger partial charge in [0.1, 0.15) is 18.1 Å². The normalized spacial score (nSPS) is 11.1. The minimum atomic E-state index is -4.48. The summed E-state index contributed by atoms with van der Waals surface area (Å²) in [6.07, 6.45) is -2.17. The first-order valence-electron chi connectivity index (χ1n) is 8.07. The highest BCUT2D eigenvalue weighted by atomic mass is 19.4. The average Bonchev–Trinajstić information content (AvgIpc) is 3.15. The zero-order valence-corrected chi connectivity index (χ0v) is 14.6. The van der Waals surface area contributed by atoms with Crippen LogP contribution in [0.5, 0.6) is 5.75 Å². The molecule has 1 amide bonds. The molecule has 2 heterocycles. The number of pyridine rings is 1. The lowest BCUT2D eigenvalue weighted by atomic mass is 10.2. The van der Waals surface area contributed by atoms with Crippen LogP contribution in [-0.4, -0.2) is 31.9 Å². The predicted octanol–water partition coefficient (Wildman–Crippen LogP) is 3.65. The lowest BCUT2D eigenvalue weighted by Crippen LogP contribution is -2.14. The number of nitrogens with zero attached hydrogens (tertiary/aromatic N) is 3. The van der Waals surface area contributed by atoms with Crippen molar-refractivity contribution in [2.75, 3.05) is 5.32 Å². The third kappa shape index (κ3) is 5.09. The van der Waals surface area contributed by atoms with Crippen LogP contribution in [0.4, 0.5) is 23.7 Å². The Morgan fingerprint density at radius 2 is 2.00 bits per heavy atom. The molecule has 1 aromatic carbocycles. The molecule has 3 aromatic rings. The molecule has 0 bridgehead atoms. The van der Waals surface area contributed by atoms with Crippen molar-refractivity contribution in [2.24, 2.45) is 0 Å². The van der Waals surface area contributed by atoms with E-state index in [1.165, 1.54) is 24.4 Å². The van der Waals surface area contributed by atoms with Gasteiger partial charge in [-0.25, -0.2) is 4.79 Å². The van der Waals surface area contributed by atoms with E-state index in [1.54, 1.807) is 6.07 Å². The molecule has 0 saturated carbocycles. The SMILES string of the molecule is O=C(Nc1cnn(C(=O)O)c1)c1cc(COc2cccc(C(F)(F)F)c2)ccn1. The lowest BCUT2D eigenvalue weighted by Gasteiger charge is -2.10. The summed E-state index contributed by atoms with van der Waals surface area (Å²) in [5, 5.41) is 14.8. The highest BCUT2D eigenvalue weighted by Gasteiger charge is 2.30. The largest absolute Gasteiger partial charge is 0.489 e. The van der Waals surface area contributed by atoms with Crippen LogP contribution in [0.15, 0.2) is 55.0 Å². The molecule has 0 spiro atoms. The molecule has 0 aliphatic heterocycles. The van der Waals surface area contributed by atoms with E-state index in [9.17, 15) is 22.8 Å². The molecule has 0 aliphatic rings. The topological polar surface area (TPSA) is 106 Å². The fraction of sp³-hybridized carbons (Fsp3) is 0.111. The molecule has 8 nitrogen and oxygen atoms in total. The van der Waals surface area contributed by atoms with Gasteiger partial charge in [0.2, 0.25) is 0 Å². The Balaban J connectivity index is 1.66. The summed E-state index contributed by atoms with van der Waals surface area (Å²) < 4.78 is 44.3. The maximum absolute atomic E-state index is 12.8. The molecule has 0 aliphatic carbocycles. The van der Waals surface area contributed by atoms with Gasteiger partial charge in [0.25, 0.3) is 5.91 Å². The minimum Gasteiger partial charge on any atom is -0.489 e. The summed E-state index contributed by atoms with van der Waals surface area (Å²) in [7, 11) is 0. The van der Waals surface area contributed by atoms with E-state index >= 15 is 0 Å². The summed E-state index contributed by atoms with van der Waals surface area (Å²) in [5.74, 6) is -0.584. The predicted molar refractivity (Wildman–Crippen MR) is 93.6 cm³/mol. The highest BCUT2D eigenvalue weighted by molar-refractivity contribution is 6.02. The van der Waals surface area contributed by atoms with Crippen LogP contribution in [0, 0.1) is 0 Å². The Labute approximate surface area is 161 Å². The number of carboxylic acid groups (broad SMARTS) is 1. The second-order valence-electron chi connectivity index (χ2n) is 5.77. The monoisotopic (exact) mass is 406 g/mol. The molecule has 0 radical (unpaired) electrons. The summed E-state index contributed by atoms with van der Waals surface area (Å²) in [5.41, 5.74) is -0.154. The quantitative estimate of drug-likeness (QED) is 0.670. The minimum absolute atomic E-state index is 0.0122. The number of hydrogen-bond acceptors (Lipinski definition) is 5. The van der Waals surface area contributed by atoms with Crippen molar-refractivity contribution < 1.29 is 32.6 Å². The first-order chi connectivity index (χ1) is 13.7. The number of aromatic nitrogens is 3. The third-order valence-electron chi connectivity index (χ3n) is 3.66. The number of amides is 1. The summed E-state index contributed by atoms with van der Waals surface area (Å²) >= 11 is 0. The first kappa shape index (κ1) is 19.9. The van der Waals surface area contributed by atoms with Crippen LogP contribution < -0.4 is 10.1 Å². The summed E-state index contributed by atoms with van der Waals surface area (Å²) in [4.78, 5) is 26.9. The molecule has 0 saturated heterocycles. The first-order valence-corrected chi connectivity index (χ1v) is 8.07. The number of rotatable bonds is 5. The fourth-order valence-electron chi connectivity index (χ4n) is 2.30. The van der Waals surface area contributed by atoms with Crippen molar-refractivity contribution in [2.45, 2.75) is 12.8 Å². The van der Waals surface area contributed by atoms with E-state index in [1.807, 2.05) is 0 Å². The van der Waals surface area contributed by atoms with Crippen molar-refractivity contribution >= 4 is 17.7 Å². The smallest absolute Gasteiger partial charge is 0.432 e. The van der Waals surface area contributed by atoms with Crippen LogP contribution in [0.3, 0.4) is 0 Å². The Hall–Kier alpha value is -3.89. The number of anilines is 1. The zero-order chi connectivity index (χ0) is 21.0. The molecular formula is C18H13F3N4O4. The zero-order valence-electron chi connectivity index (χ0n) is 14.6. The van der Waals surface area contributed by atoms with Crippen molar-refractivity contribution in [1.29, 1.82) is 0 Å². The number of hydrogen-bond donors (Lipinski definition) is 2. The van der Waals surface area contributed by atoms with E-state index in [-0.39, 0.29) is 23.7 Å². The van der Waals surface area contributed by atoms with Gasteiger partial charge >= 0.3 is 12.3 Å². The Morgan fingerprint density at radius 1 is 1.21 bits per heavy atom. The Morgan fingerprint density at radius 3 is 2.69 bits per heavy atom. The van der Waals surface area contributed by atoms with Crippen LogP contribution in [0.2, 0.25) is 0 Å². The van der Waals surface area contributed by atoms with E-state index in [4.69, 9.17) is 9.84 Å². The molecule has 11 heteroatoms. The lowest BCUT2D eigenvalue weighted by molar-refractivity contribution is -0.137. The van der Waals surface area contributed by atoms with E-state index in [0.29, 0.717) is 10.2 Å². The van der Waals surface area contributed by atoms with E-state index in [2.05, 4.69) is 15.4 Å². The standard InChI is InChI=1S/C18H13F3N4O4/c19-18(20,21)12-2-1-3-14(7-12)29-10-11-4-5-22-15(6-11)16(26)24-13-8-23-25(9-13)17(27)28/h1-9H,10H2,(H,24,26)(H,27,28). The summed E-state index contributed by atoms with van der Waals surface area (Å²) in [6, 6.07) is 7.41. The number of carbonyl (C=O) groups is 2. The molecule has 0 unspecified atom stereocenters. The number of benzene rings is 1. The number of halogens is 3. The second kappa shape index (κ2) is 8.00. The van der Waals surface area contributed by atoms with Crippen LogP contribution in [0.25, 0.3) is 0 Å². The van der Waals surface area contributed by atoms with Crippen molar-refractivity contribution in [3.05, 3.63) is 71.8 Å². The number of alkyl halides is 3. The van der Waals surface area contributed by atoms with Gasteiger partial charge in [-0.15, -0.1) is 0 Å². The molecule has 29 heavy (non-hydrogen) atoms. The maximum Gasteiger partial charge on any atom is 0.432 e. The van der Waals surface area contributed by atoms with Gasteiger partial charge in [-0.1, -0.05) is 6.07 Å². The molecule has 2 N–H and O–H groups in total. The van der Waals surface area contributed by atoms with Crippen molar-refractivity contribution in [1.82, 2.24) is 14.8 Å². The summed E-state index contributed by atoms with van der Waals surface area (Å²) in [6.45, 7) is -0.0823. The van der Waals surface area contributed by atoms with Crippen LogP contribution in [0.1, 0.15) is 21.6 Å². The van der Waals surface area contributed by atoms with Gasteiger partial charge in [0.05, 0.1) is 23.6 Å². The molecule has 2 aromatic heterocycles. The number of nitrogens with one attached hydrogen (secondary N) is 1. The van der Waals surface area contributed by atoms with Crippen LogP contribution in [-0.2, 0) is 12.8 Å². The maximum atomic E-state index is 12.8. The van der Waals surface area contributed by atoms with Gasteiger partial charge in [0, 0.05) is 6.20 Å². The van der Waals surface area contributed by atoms with E-state index < -0.39 is 23.7 Å². The van der Waals surface area contributed by atoms with Gasteiger partial charge in [0.15, 0.2) is 0 Å². The van der Waals surface area contributed by atoms with Gasteiger partial charge in [-0.3, -0.25) is 9.78 Å². The number of carbonyl (C=O) groups excluding carboxylic acids is 1. The van der Waals surface area contributed by atoms with Crippen molar-refractivity contribution in [3.8, 4) is 5.75 Å². The average molecular weight is 406 g/mol. The van der Waals surface area contributed by atoms with Gasteiger partial charge in [-0.2, -0.15) is 23.0 Å². The molecule has 0 fully saturated rings. The molecule has 0 atom stereocenters. The number of ether oxygens (including phenoxy) is 1. The molecule has 3 rings (SSSR count). The highest BCUT2D eigenvalue weighted by Crippen LogP contribution is 2.31. The van der Waals surface area contributed by atoms with Crippen LogP contribution >= 0.6 is 0 Å². The second-order valence-corrected chi connectivity index (χ2v) is 5.77. The van der Waals surface area contributed by atoms with E-state index in [0.717, 1.165) is 24.5 Å². The fourth-order valence-corrected chi connectivity index (χ4v) is 2.30. The molecular weight excluding hydrogens is 393 g/mol. The Kier molecular flexibility index (Phi) is 5.48.